The normalized spacial score (nSPS) is 23.7. The van der Waals surface area contributed by atoms with Crippen LogP contribution in [0.1, 0.15) is 31.4 Å². The van der Waals surface area contributed by atoms with E-state index < -0.39 is 0 Å². The number of aromatic amines is 1. The molecule has 0 radical (unpaired) electrons. The average molecular weight is 307 g/mol. The number of hydrogen-bond acceptors (Lipinski definition) is 5. The van der Waals surface area contributed by atoms with Crippen LogP contribution in [-0.4, -0.2) is 70.3 Å². The molecule has 1 aromatic rings. The first-order valence-corrected chi connectivity index (χ1v) is 8.25. The van der Waals surface area contributed by atoms with Crippen molar-refractivity contribution in [3.8, 4) is 0 Å². The molecular formula is C15H25N5O2. The molecule has 1 N–H and O–H groups in total. The lowest BCUT2D eigenvalue weighted by molar-refractivity contribution is -0.141. The van der Waals surface area contributed by atoms with Crippen molar-refractivity contribution in [3.05, 3.63) is 11.6 Å². The molecule has 0 bridgehead atoms. The maximum Gasteiger partial charge on any atom is 0.227 e. The molecule has 1 aromatic heterocycles. The standard InChI is InChI=1S/C15H25N5O2/c1-2-13-16-14(18-17-13)11-19-5-3-4-12(10-19)15(21)20-6-8-22-9-7-20/h12H,2-11H2,1H3,(H,16,17,18). The van der Waals surface area contributed by atoms with E-state index in [2.05, 4.69) is 20.1 Å². The number of aryl methyl sites for hydroxylation is 1. The third kappa shape index (κ3) is 3.64. The molecule has 2 saturated heterocycles. The topological polar surface area (TPSA) is 74.4 Å². The van der Waals surface area contributed by atoms with Crippen molar-refractivity contribution >= 4 is 5.91 Å². The summed E-state index contributed by atoms with van der Waals surface area (Å²) < 4.78 is 5.33. The van der Waals surface area contributed by atoms with Gasteiger partial charge < -0.3 is 9.64 Å². The van der Waals surface area contributed by atoms with Gasteiger partial charge in [-0.3, -0.25) is 14.8 Å². The number of likely N-dealkylation sites (tertiary alicyclic amines) is 1. The predicted octanol–water partition coefficient (Wildman–Crippen LogP) is 0.438. The Labute approximate surface area is 131 Å². The number of amides is 1. The van der Waals surface area contributed by atoms with Gasteiger partial charge in [0.1, 0.15) is 11.6 Å². The van der Waals surface area contributed by atoms with Gasteiger partial charge in [-0.1, -0.05) is 6.92 Å². The number of piperidine rings is 1. The molecular weight excluding hydrogens is 282 g/mol. The molecule has 1 amide bonds. The van der Waals surface area contributed by atoms with E-state index >= 15 is 0 Å². The number of carbonyl (C=O) groups is 1. The quantitative estimate of drug-likeness (QED) is 0.873. The van der Waals surface area contributed by atoms with Crippen molar-refractivity contribution < 1.29 is 9.53 Å². The molecule has 2 fully saturated rings. The van der Waals surface area contributed by atoms with E-state index in [0.29, 0.717) is 19.1 Å². The highest BCUT2D eigenvalue weighted by molar-refractivity contribution is 5.79. The Kier molecular flexibility index (Phi) is 5.04. The molecule has 7 nitrogen and oxygen atoms in total. The van der Waals surface area contributed by atoms with Crippen LogP contribution in [0.2, 0.25) is 0 Å². The SMILES string of the molecule is CCc1n[nH]c(CN2CCCC(C(=O)N3CCOCC3)C2)n1. The van der Waals surface area contributed by atoms with Crippen LogP contribution in [0.5, 0.6) is 0 Å². The summed E-state index contributed by atoms with van der Waals surface area (Å²) in [5.41, 5.74) is 0. The number of rotatable bonds is 4. The van der Waals surface area contributed by atoms with Crippen molar-refractivity contribution in [3.63, 3.8) is 0 Å². The summed E-state index contributed by atoms with van der Waals surface area (Å²) >= 11 is 0. The minimum atomic E-state index is 0.111. The van der Waals surface area contributed by atoms with Crippen LogP contribution >= 0.6 is 0 Å². The fourth-order valence-electron chi connectivity index (χ4n) is 3.22. The molecule has 122 valence electrons. The second-order valence-corrected chi connectivity index (χ2v) is 6.06. The number of H-pyrrole nitrogens is 1. The Morgan fingerprint density at radius 2 is 2.18 bits per heavy atom. The van der Waals surface area contributed by atoms with Gasteiger partial charge in [0.15, 0.2) is 0 Å². The van der Waals surface area contributed by atoms with Crippen LogP contribution in [-0.2, 0) is 22.5 Å². The summed E-state index contributed by atoms with van der Waals surface area (Å²) in [4.78, 5) is 21.3. The number of ether oxygens (including phenoxy) is 1. The second kappa shape index (κ2) is 7.19. The minimum absolute atomic E-state index is 0.111. The van der Waals surface area contributed by atoms with Crippen LogP contribution in [0.3, 0.4) is 0 Å². The van der Waals surface area contributed by atoms with E-state index in [1.807, 2.05) is 11.8 Å². The summed E-state index contributed by atoms with van der Waals surface area (Å²) in [6.45, 7) is 7.44. The summed E-state index contributed by atoms with van der Waals surface area (Å²) in [5, 5.41) is 7.17. The van der Waals surface area contributed by atoms with E-state index in [-0.39, 0.29) is 5.92 Å². The van der Waals surface area contributed by atoms with Crippen molar-refractivity contribution in [2.24, 2.45) is 5.92 Å². The summed E-state index contributed by atoms with van der Waals surface area (Å²) in [6.07, 6.45) is 2.90. The Morgan fingerprint density at radius 3 is 2.91 bits per heavy atom. The Morgan fingerprint density at radius 1 is 1.36 bits per heavy atom. The summed E-state index contributed by atoms with van der Waals surface area (Å²) in [5.74, 6) is 2.16. The Bertz CT molecular complexity index is 498. The van der Waals surface area contributed by atoms with E-state index in [0.717, 1.165) is 63.6 Å². The molecule has 3 heterocycles. The molecule has 1 unspecified atom stereocenters. The Balaban J connectivity index is 1.55. The van der Waals surface area contributed by atoms with Crippen LogP contribution in [0.25, 0.3) is 0 Å². The minimum Gasteiger partial charge on any atom is -0.378 e. The first-order chi connectivity index (χ1) is 10.8. The van der Waals surface area contributed by atoms with E-state index in [1.54, 1.807) is 0 Å². The molecule has 0 aliphatic carbocycles. The molecule has 7 heteroatoms. The fraction of sp³-hybridized carbons (Fsp3) is 0.800. The van der Waals surface area contributed by atoms with Crippen molar-refractivity contribution in [1.29, 1.82) is 0 Å². The van der Waals surface area contributed by atoms with E-state index in [9.17, 15) is 4.79 Å². The van der Waals surface area contributed by atoms with Gasteiger partial charge in [0.05, 0.1) is 25.7 Å². The molecule has 2 aliphatic rings. The number of morpholine rings is 1. The van der Waals surface area contributed by atoms with Crippen LogP contribution in [0, 0.1) is 5.92 Å². The summed E-state index contributed by atoms with van der Waals surface area (Å²) in [6, 6.07) is 0. The van der Waals surface area contributed by atoms with E-state index in [1.165, 1.54) is 0 Å². The van der Waals surface area contributed by atoms with Gasteiger partial charge in [0, 0.05) is 26.1 Å². The van der Waals surface area contributed by atoms with Gasteiger partial charge in [-0.25, -0.2) is 4.98 Å². The average Bonchev–Trinajstić information content (AvgIpc) is 3.03. The molecule has 0 aromatic carbocycles. The predicted molar refractivity (Wildman–Crippen MR) is 81.2 cm³/mol. The maximum absolute atomic E-state index is 12.6. The van der Waals surface area contributed by atoms with Gasteiger partial charge in [-0.15, -0.1) is 0 Å². The van der Waals surface area contributed by atoms with Crippen LogP contribution in [0.15, 0.2) is 0 Å². The highest BCUT2D eigenvalue weighted by Gasteiger charge is 2.30. The lowest BCUT2D eigenvalue weighted by Crippen LogP contribution is -2.48. The highest BCUT2D eigenvalue weighted by Crippen LogP contribution is 2.20. The number of aromatic nitrogens is 3. The van der Waals surface area contributed by atoms with Gasteiger partial charge in [0.25, 0.3) is 0 Å². The zero-order valence-electron chi connectivity index (χ0n) is 13.3. The maximum atomic E-state index is 12.6. The molecule has 2 aliphatic heterocycles. The van der Waals surface area contributed by atoms with E-state index in [4.69, 9.17) is 4.74 Å². The Hall–Kier alpha value is -1.47. The number of hydrogen-bond donors (Lipinski definition) is 1. The van der Waals surface area contributed by atoms with Crippen molar-refractivity contribution in [2.45, 2.75) is 32.7 Å². The lowest BCUT2D eigenvalue weighted by Gasteiger charge is -2.35. The van der Waals surface area contributed by atoms with Crippen molar-refractivity contribution in [1.82, 2.24) is 25.0 Å². The number of nitrogens with zero attached hydrogens (tertiary/aromatic N) is 4. The molecule has 3 rings (SSSR count). The lowest BCUT2D eigenvalue weighted by atomic mass is 9.96. The van der Waals surface area contributed by atoms with Crippen LogP contribution in [0.4, 0.5) is 0 Å². The number of carbonyl (C=O) groups excluding carboxylic acids is 1. The van der Waals surface area contributed by atoms with Gasteiger partial charge in [0.2, 0.25) is 5.91 Å². The fourth-order valence-corrected chi connectivity index (χ4v) is 3.22. The smallest absolute Gasteiger partial charge is 0.227 e. The summed E-state index contributed by atoms with van der Waals surface area (Å²) in [7, 11) is 0. The molecule has 1 atom stereocenters. The number of nitrogens with one attached hydrogen (secondary N) is 1. The zero-order valence-corrected chi connectivity index (χ0v) is 13.3. The zero-order chi connectivity index (χ0) is 15.4. The van der Waals surface area contributed by atoms with Crippen LogP contribution < -0.4 is 0 Å². The molecule has 22 heavy (non-hydrogen) atoms. The first-order valence-electron chi connectivity index (χ1n) is 8.25. The monoisotopic (exact) mass is 307 g/mol. The van der Waals surface area contributed by atoms with Crippen molar-refractivity contribution in [2.75, 3.05) is 39.4 Å². The first kappa shape index (κ1) is 15.4. The third-order valence-corrected chi connectivity index (χ3v) is 4.45. The second-order valence-electron chi connectivity index (χ2n) is 6.06. The molecule has 0 saturated carbocycles. The van der Waals surface area contributed by atoms with Gasteiger partial charge >= 0.3 is 0 Å². The van der Waals surface area contributed by atoms with Gasteiger partial charge in [-0.2, -0.15) is 5.10 Å². The highest BCUT2D eigenvalue weighted by atomic mass is 16.5. The third-order valence-electron chi connectivity index (χ3n) is 4.45. The van der Waals surface area contributed by atoms with Gasteiger partial charge in [-0.05, 0) is 19.4 Å². The largest absolute Gasteiger partial charge is 0.378 e. The molecule has 0 spiro atoms.